The van der Waals surface area contributed by atoms with Crippen LogP contribution in [0.3, 0.4) is 0 Å². The molecule has 0 unspecified atom stereocenters. The number of likely N-dealkylation sites (tertiary alicyclic amines) is 1. The van der Waals surface area contributed by atoms with Crippen LogP contribution < -0.4 is 27.0 Å². The van der Waals surface area contributed by atoms with Crippen molar-refractivity contribution in [3.63, 3.8) is 0 Å². The number of rotatable bonds is 19. The maximum absolute atomic E-state index is 13.5. The topological polar surface area (TPSA) is 258 Å². The second kappa shape index (κ2) is 19.6. The Hall–Kier alpha value is -4.38. The van der Waals surface area contributed by atoms with Crippen molar-refractivity contribution < 1.29 is 48.9 Å². The first-order chi connectivity index (χ1) is 23.0. The molecule has 1 aliphatic rings. The second-order valence-corrected chi connectivity index (χ2v) is 13.3. The fourth-order valence-corrected chi connectivity index (χ4v) is 5.73. The fraction of sp³-hybridized carbons (Fsp3) is 0.594. The molecule has 272 valence electrons. The molecule has 49 heavy (non-hydrogen) atoms. The van der Waals surface area contributed by atoms with Crippen molar-refractivity contribution in [2.45, 2.75) is 95.5 Å². The normalized spacial score (nSPS) is 17.3. The zero-order valence-corrected chi connectivity index (χ0v) is 29.0. The summed E-state index contributed by atoms with van der Waals surface area (Å²) in [6, 6.07) is -0.567. The largest absolute Gasteiger partial charge is 0.508 e. The van der Waals surface area contributed by atoms with Crippen LogP contribution in [0.5, 0.6) is 5.75 Å². The third kappa shape index (κ3) is 12.9. The minimum atomic E-state index is -1.37. The molecular weight excluding hydrogens is 660 g/mol. The molecule has 9 N–H and O–H groups in total. The van der Waals surface area contributed by atoms with Crippen LogP contribution in [-0.4, -0.2) is 116 Å². The first-order valence-corrected chi connectivity index (χ1v) is 17.4. The van der Waals surface area contributed by atoms with Crippen molar-refractivity contribution in [1.82, 2.24) is 26.2 Å². The Morgan fingerprint density at radius 2 is 1.51 bits per heavy atom. The number of nitrogens with one attached hydrogen (secondary N) is 4. The molecule has 0 saturated carbocycles. The monoisotopic (exact) mass is 708 g/mol. The van der Waals surface area contributed by atoms with E-state index in [9.17, 15) is 43.8 Å². The molecule has 0 spiro atoms. The van der Waals surface area contributed by atoms with Gasteiger partial charge in [-0.15, -0.1) is 0 Å². The summed E-state index contributed by atoms with van der Waals surface area (Å²) in [6.45, 7) is 4.79. The highest BCUT2D eigenvalue weighted by molar-refractivity contribution is 7.98. The van der Waals surface area contributed by atoms with Gasteiger partial charge < -0.3 is 47.2 Å². The average Bonchev–Trinajstić information content (AvgIpc) is 3.53. The van der Waals surface area contributed by atoms with Gasteiger partial charge in [-0.1, -0.05) is 26.0 Å². The van der Waals surface area contributed by atoms with Gasteiger partial charge in [-0.3, -0.25) is 28.8 Å². The van der Waals surface area contributed by atoms with Crippen LogP contribution in [0.25, 0.3) is 0 Å². The number of aliphatic carboxylic acids is 2. The van der Waals surface area contributed by atoms with E-state index in [0.717, 1.165) is 0 Å². The summed E-state index contributed by atoms with van der Waals surface area (Å²) in [5, 5.41) is 38.2. The molecule has 1 aromatic carbocycles. The smallest absolute Gasteiger partial charge is 0.326 e. The molecule has 1 fully saturated rings. The zero-order chi connectivity index (χ0) is 36.8. The van der Waals surface area contributed by atoms with Crippen molar-refractivity contribution in [2.75, 3.05) is 18.6 Å². The molecular formula is C32H48N6O10S. The number of carboxylic acid groups (broad SMARTS) is 2. The Morgan fingerprint density at radius 3 is 2.08 bits per heavy atom. The van der Waals surface area contributed by atoms with E-state index < -0.39 is 90.1 Å². The molecule has 0 bridgehead atoms. The summed E-state index contributed by atoms with van der Waals surface area (Å²) in [4.78, 5) is 90.1. The zero-order valence-electron chi connectivity index (χ0n) is 28.1. The number of hydrogen-bond donors (Lipinski definition) is 8. The number of phenolic OH excluding ortho intramolecular Hbond substituents is 1. The van der Waals surface area contributed by atoms with Crippen molar-refractivity contribution in [2.24, 2.45) is 11.7 Å². The molecule has 0 aliphatic carbocycles. The Morgan fingerprint density at radius 1 is 0.898 bits per heavy atom. The number of nitrogens with two attached hydrogens (primary N) is 1. The van der Waals surface area contributed by atoms with Crippen molar-refractivity contribution in [3.05, 3.63) is 29.8 Å². The van der Waals surface area contributed by atoms with Crippen molar-refractivity contribution >= 4 is 53.2 Å². The maximum Gasteiger partial charge on any atom is 0.326 e. The highest BCUT2D eigenvalue weighted by Gasteiger charge is 2.39. The number of benzene rings is 1. The number of carbonyl (C=O) groups is 7. The molecule has 0 aromatic heterocycles. The van der Waals surface area contributed by atoms with Gasteiger partial charge in [0.25, 0.3) is 0 Å². The quantitative estimate of drug-likeness (QED) is 0.0911. The Labute approximate surface area is 289 Å². The molecule has 1 aliphatic heterocycles. The van der Waals surface area contributed by atoms with Gasteiger partial charge in [-0.2, -0.15) is 11.8 Å². The highest BCUT2D eigenvalue weighted by atomic mass is 32.2. The van der Waals surface area contributed by atoms with Crippen LogP contribution >= 0.6 is 11.8 Å². The number of amides is 5. The number of aromatic hydroxyl groups is 1. The van der Waals surface area contributed by atoms with Crippen molar-refractivity contribution in [1.29, 1.82) is 0 Å². The van der Waals surface area contributed by atoms with E-state index in [0.29, 0.717) is 17.7 Å². The third-order valence-electron chi connectivity index (χ3n) is 8.05. The summed E-state index contributed by atoms with van der Waals surface area (Å²) in [7, 11) is 0. The number of thioether (sulfide) groups is 1. The predicted octanol–water partition coefficient (Wildman–Crippen LogP) is -0.429. The van der Waals surface area contributed by atoms with Gasteiger partial charge in [-0.05, 0) is 74.7 Å². The summed E-state index contributed by atoms with van der Waals surface area (Å²) in [5.74, 6) is -5.79. The highest BCUT2D eigenvalue weighted by Crippen LogP contribution is 2.20. The molecule has 5 amide bonds. The summed E-state index contributed by atoms with van der Waals surface area (Å²) >= 11 is 1.46. The molecule has 2 rings (SSSR count). The molecule has 17 heteroatoms. The van der Waals surface area contributed by atoms with E-state index in [1.54, 1.807) is 26.0 Å². The second-order valence-electron chi connectivity index (χ2n) is 12.3. The minimum absolute atomic E-state index is 0.0697. The van der Waals surface area contributed by atoms with Crippen molar-refractivity contribution in [3.8, 4) is 5.75 Å². The summed E-state index contributed by atoms with van der Waals surface area (Å²) in [5.41, 5.74) is 6.80. The van der Waals surface area contributed by atoms with E-state index in [4.69, 9.17) is 10.8 Å². The van der Waals surface area contributed by atoms with Gasteiger partial charge in [-0.25, -0.2) is 4.79 Å². The minimum Gasteiger partial charge on any atom is -0.508 e. The number of phenols is 1. The standard InChI is InChI=1S/C32H48N6O10S/c1-17(2)26(32(47)48)37-29(44)22(11-12-25(40)41)36-30(45)24-6-5-14-38(24)31(46)18(3)34-28(43)23(13-15-49-4)35-27(42)21(33)16-19-7-9-20(39)10-8-19/h7-10,17-18,21-24,26,39H,5-6,11-16,33H2,1-4H3,(H,34,43)(H,35,42)(H,36,45)(H,37,44)(H,40,41)(H,47,48)/t18-,21-,22+,23-,24-,26-/m0/s1. The van der Waals surface area contributed by atoms with Gasteiger partial charge >= 0.3 is 11.9 Å². The van der Waals surface area contributed by atoms with E-state index >= 15 is 0 Å². The van der Waals surface area contributed by atoms with Crippen LogP contribution in [0, 0.1) is 5.92 Å². The average molecular weight is 709 g/mol. The lowest BCUT2D eigenvalue weighted by atomic mass is 10.0. The van der Waals surface area contributed by atoms with Crippen LogP contribution in [0.1, 0.15) is 58.4 Å². The molecule has 0 radical (unpaired) electrons. The lowest BCUT2D eigenvalue weighted by molar-refractivity contribution is -0.145. The Balaban J connectivity index is 2.09. The Kier molecular flexibility index (Phi) is 16.3. The van der Waals surface area contributed by atoms with Gasteiger partial charge in [0.2, 0.25) is 29.5 Å². The molecule has 6 atom stereocenters. The van der Waals surface area contributed by atoms with E-state index in [-0.39, 0.29) is 38.0 Å². The first kappa shape index (κ1) is 40.8. The first-order valence-electron chi connectivity index (χ1n) is 16.0. The molecule has 1 aromatic rings. The van der Waals surface area contributed by atoms with Crippen LogP contribution in [-0.2, 0) is 40.0 Å². The molecule has 16 nitrogen and oxygen atoms in total. The van der Waals surface area contributed by atoms with Crippen LogP contribution in [0.4, 0.5) is 0 Å². The van der Waals surface area contributed by atoms with Gasteiger partial charge in [0.05, 0.1) is 6.04 Å². The third-order valence-corrected chi connectivity index (χ3v) is 8.69. The van der Waals surface area contributed by atoms with Crippen LogP contribution in [0.2, 0.25) is 0 Å². The molecule has 1 heterocycles. The van der Waals surface area contributed by atoms with Gasteiger partial charge in [0, 0.05) is 13.0 Å². The number of hydrogen-bond acceptors (Lipinski definition) is 10. The summed E-state index contributed by atoms with van der Waals surface area (Å²) in [6.07, 6.45) is 2.13. The van der Waals surface area contributed by atoms with Gasteiger partial charge in [0.1, 0.15) is 36.0 Å². The lowest BCUT2D eigenvalue weighted by Crippen LogP contribution is -2.58. The van der Waals surface area contributed by atoms with Crippen LogP contribution in [0.15, 0.2) is 24.3 Å². The number of carboxylic acids is 2. The van der Waals surface area contributed by atoms with E-state index in [1.807, 2.05) is 6.26 Å². The Bertz CT molecular complexity index is 1340. The summed E-state index contributed by atoms with van der Waals surface area (Å²) < 4.78 is 0. The van der Waals surface area contributed by atoms with Gasteiger partial charge in [0.15, 0.2) is 0 Å². The molecule has 1 saturated heterocycles. The fourth-order valence-electron chi connectivity index (χ4n) is 5.26. The SMILES string of the molecule is CSCC[C@H](NC(=O)[C@@H](N)Cc1ccc(O)cc1)C(=O)N[C@@H](C)C(=O)N1CCC[C@H]1C(=O)N[C@H](CCC(=O)O)C(=O)N[C@H](C(=O)O)C(C)C. The predicted molar refractivity (Wildman–Crippen MR) is 180 cm³/mol. The maximum atomic E-state index is 13.5. The van der Waals surface area contributed by atoms with E-state index in [1.165, 1.54) is 35.7 Å². The number of nitrogens with zero attached hydrogens (tertiary/aromatic N) is 1. The lowest BCUT2D eigenvalue weighted by Gasteiger charge is -2.30. The van der Waals surface area contributed by atoms with E-state index in [2.05, 4.69) is 21.3 Å². The number of carbonyl (C=O) groups excluding carboxylic acids is 5.